The van der Waals surface area contributed by atoms with Gasteiger partial charge in [0.2, 0.25) is 0 Å². The first-order valence-corrected chi connectivity index (χ1v) is 9.88. The van der Waals surface area contributed by atoms with E-state index in [1.165, 1.54) is 0 Å². The Morgan fingerprint density at radius 2 is 1.32 bits per heavy atom. The molecule has 0 unspecified atom stereocenters. The Morgan fingerprint density at radius 1 is 0.742 bits per heavy atom. The number of hydrogen-bond donors (Lipinski definition) is 1. The molecule has 7 heteroatoms. The molecular formula is C24H22F6O. The summed E-state index contributed by atoms with van der Waals surface area (Å²) in [6.07, 6.45) is -9.43. The van der Waals surface area contributed by atoms with Crippen molar-refractivity contribution >= 4 is 10.8 Å². The first kappa shape index (κ1) is 23.1. The van der Waals surface area contributed by atoms with Crippen LogP contribution in [0.25, 0.3) is 10.8 Å². The van der Waals surface area contributed by atoms with E-state index >= 15 is 0 Å². The molecule has 0 saturated heterocycles. The largest absolute Gasteiger partial charge is 0.416 e. The summed E-state index contributed by atoms with van der Waals surface area (Å²) in [5.41, 5.74) is -1.80. The van der Waals surface area contributed by atoms with Crippen LogP contribution in [0.15, 0.2) is 60.7 Å². The van der Waals surface area contributed by atoms with E-state index in [1.54, 1.807) is 0 Å². The highest BCUT2D eigenvalue weighted by Gasteiger charge is 2.37. The van der Waals surface area contributed by atoms with Gasteiger partial charge in [-0.3, -0.25) is 0 Å². The van der Waals surface area contributed by atoms with Gasteiger partial charge in [-0.1, -0.05) is 49.4 Å². The van der Waals surface area contributed by atoms with Gasteiger partial charge in [-0.2, -0.15) is 26.3 Å². The molecule has 0 saturated carbocycles. The van der Waals surface area contributed by atoms with Crippen LogP contribution < -0.4 is 0 Å². The highest BCUT2D eigenvalue weighted by molar-refractivity contribution is 5.83. The molecule has 3 aromatic carbocycles. The van der Waals surface area contributed by atoms with Crippen molar-refractivity contribution < 1.29 is 31.4 Å². The van der Waals surface area contributed by atoms with Crippen molar-refractivity contribution in [1.82, 2.24) is 0 Å². The van der Waals surface area contributed by atoms with Crippen LogP contribution in [0.5, 0.6) is 0 Å². The molecule has 0 aromatic heterocycles. The second kappa shape index (κ2) is 8.91. The lowest BCUT2D eigenvalue weighted by Crippen LogP contribution is -2.14. The van der Waals surface area contributed by atoms with E-state index in [1.807, 2.05) is 49.4 Å². The molecule has 0 aliphatic rings. The molecule has 1 nitrogen and oxygen atoms in total. The number of halogens is 6. The lowest BCUT2D eigenvalue weighted by Gasteiger charge is -2.24. The molecule has 166 valence electrons. The molecule has 0 fully saturated rings. The molecule has 31 heavy (non-hydrogen) atoms. The van der Waals surface area contributed by atoms with Crippen molar-refractivity contribution in [2.45, 2.75) is 44.0 Å². The first-order chi connectivity index (χ1) is 14.5. The molecular weight excluding hydrogens is 418 g/mol. The zero-order valence-corrected chi connectivity index (χ0v) is 16.8. The van der Waals surface area contributed by atoms with E-state index in [0.29, 0.717) is 6.42 Å². The zero-order valence-electron chi connectivity index (χ0n) is 16.8. The number of benzene rings is 3. The van der Waals surface area contributed by atoms with Crippen molar-refractivity contribution in [2.75, 3.05) is 6.61 Å². The van der Waals surface area contributed by atoms with E-state index in [9.17, 15) is 31.4 Å². The number of aliphatic hydroxyl groups is 1. The van der Waals surface area contributed by atoms with Crippen LogP contribution in [0.3, 0.4) is 0 Å². The summed E-state index contributed by atoms with van der Waals surface area (Å²) in [5.74, 6) is -0.792. The smallest absolute Gasteiger partial charge is 0.396 e. The molecule has 0 spiro atoms. The Kier molecular flexibility index (Phi) is 6.65. The average Bonchev–Trinajstić information content (AvgIpc) is 2.71. The fourth-order valence-electron chi connectivity index (χ4n) is 3.87. The van der Waals surface area contributed by atoms with Crippen LogP contribution in [0.2, 0.25) is 0 Å². The number of alkyl halides is 6. The number of rotatable bonds is 6. The van der Waals surface area contributed by atoms with Crippen LogP contribution >= 0.6 is 0 Å². The van der Waals surface area contributed by atoms with E-state index in [4.69, 9.17) is 0 Å². The Morgan fingerprint density at radius 3 is 1.87 bits per heavy atom. The van der Waals surface area contributed by atoms with Gasteiger partial charge in [0.1, 0.15) is 0 Å². The molecule has 0 radical (unpaired) electrons. The molecule has 0 aliphatic carbocycles. The quantitative estimate of drug-likeness (QED) is 0.393. The van der Waals surface area contributed by atoms with Crippen molar-refractivity contribution in [3.05, 3.63) is 82.9 Å². The van der Waals surface area contributed by atoms with Crippen LogP contribution in [0, 0.1) is 0 Å². The summed E-state index contributed by atoms with van der Waals surface area (Å²) in [5, 5.41) is 11.5. The molecule has 2 atom stereocenters. The highest BCUT2D eigenvalue weighted by atomic mass is 19.4. The number of fused-ring (bicyclic) bond motifs is 1. The molecule has 1 N–H and O–H groups in total. The van der Waals surface area contributed by atoms with E-state index in [0.717, 1.165) is 28.5 Å². The van der Waals surface area contributed by atoms with E-state index in [-0.39, 0.29) is 30.6 Å². The van der Waals surface area contributed by atoms with E-state index in [2.05, 4.69) is 0 Å². The van der Waals surface area contributed by atoms with Gasteiger partial charge in [-0.15, -0.1) is 0 Å². The monoisotopic (exact) mass is 440 g/mol. The maximum Gasteiger partial charge on any atom is 0.416 e. The van der Waals surface area contributed by atoms with Crippen LogP contribution in [-0.4, -0.2) is 11.7 Å². The molecule has 0 heterocycles. The van der Waals surface area contributed by atoms with Crippen LogP contribution in [-0.2, 0) is 12.4 Å². The summed E-state index contributed by atoms with van der Waals surface area (Å²) < 4.78 is 79.5. The average molecular weight is 440 g/mol. The summed E-state index contributed by atoms with van der Waals surface area (Å²) in [6.45, 7) is 1.54. The van der Waals surface area contributed by atoms with Gasteiger partial charge >= 0.3 is 12.4 Å². The van der Waals surface area contributed by atoms with Crippen LogP contribution in [0.1, 0.15) is 53.9 Å². The van der Waals surface area contributed by atoms with Gasteiger partial charge in [0.05, 0.1) is 11.1 Å². The van der Waals surface area contributed by atoms with Crippen molar-refractivity contribution in [2.24, 2.45) is 0 Å². The minimum atomic E-state index is -4.90. The Balaban J connectivity index is 1.96. The minimum Gasteiger partial charge on any atom is -0.396 e. The third-order valence-electron chi connectivity index (χ3n) is 5.54. The second-order valence-electron chi connectivity index (χ2n) is 7.79. The molecule has 0 bridgehead atoms. The lowest BCUT2D eigenvalue weighted by molar-refractivity contribution is -0.143. The molecule has 0 amide bonds. The standard InChI is InChI=1S/C24H22F6O/c1-15(17-7-6-16-4-2-3-5-18(16)11-17)10-19(8-9-31)20-12-21(23(25,26)27)14-22(13-20)24(28,29)30/h2-7,11-15,19,31H,8-10H2,1H3/t15-,19-/m0/s1. The van der Waals surface area contributed by atoms with Gasteiger partial charge in [-0.25, -0.2) is 0 Å². The van der Waals surface area contributed by atoms with Gasteiger partial charge in [0.15, 0.2) is 0 Å². The highest BCUT2D eigenvalue weighted by Crippen LogP contribution is 2.40. The van der Waals surface area contributed by atoms with Gasteiger partial charge in [-0.05, 0) is 64.8 Å². The van der Waals surface area contributed by atoms with Gasteiger partial charge < -0.3 is 5.11 Å². The third kappa shape index (κ3) is 5.58. The van der Waals surface area contributed by atoms with E-state index < -0.39 is 29.4 Å². The second-order valence-corrected chi connectivity index (χ2v) is 7.79. The molecule has 3 rings (SSSR count). The molecule has 3 aromatic rings. The fraction of sp³-hybridized carbons (Fsp3) is 0.333. The van der Waals surface area contributed by atoms with Crippen LogP contribution in [0.4, 0.5) is 26.3 Å². The summed E-state index contributed by atoms with van der Waals surface area (Å²) in [7, 11) is 0. The Hall–Kier alpha value is -2.54. The first-order valence-electron chi connectivity index (χ1n) is 9.88. The SMILES string of the molecule is C[C@@H](C[C@H](CCO)c1cc(C(F)(F)F)cc(C(F)(F)F)c1)c1ccc2ccccc2c1. The maximum atomic E-state index is 13.2. The van der Waals surface area contributed by atoms with Crippen molar-refractivity contribution in [1.29, 1.82) is 0 Å². The number of aliphatic hydroxyl groups excluding tert-OH is 1. The third-order valence-corrected chi connectivity index (χ3v) is 5.54. The van der Waals surface area contributed by atoms with Crippen molar-refractivity contribution in [3.8, 4) is 0 Å². The Labute approximate surface area is 176 Å². The summed E-state index contributed by atoms with van der Waals surface area (Å²) in [4.78, 5) is 0. The maximum absolute atomic E-state index is 13.2. The summed E-state index contributed by atoms with van der Waals surface area (Å²) in [6, 6.07) is 15.2. The summed E-state index contributed by atoms with van der Waals surface area (Å²) >= 11 is 0. The van der Waals surface area contributed by atoms with Gasteiger partial charge in [0, 0.05) is 6.61 Å². The fourth-order valence-corrected chi connectivity index (χ4v) is 3.87. The topological polar surface area (TPSA) is 20.2 Å². The van der Waals surface area contributed by atoms with Gasteiger partial charge in [0.25, 0.3) is 0 Å². The lowest BCUT2D eigenvalue weighted by atomic mass is 9.83. The molecule has 0 aliphatic heterocycles. The zero-order chi connectivity index (χ0) is 22.8. The van der Waals surface area contributed by atoms with Crippen molar-refractivity contribution in [3.63, 3.8) is 0 Å². The predicted octanol–water partition coefficient (Wildman–Crippen LogP) is 7.54. The normalized spacial score (nSPS) is 14.6. The Bertz CT molecular complexity index is 1010. The minimum absolute atomic E-state index is 0.0659. The number of hydrogen-bond acceptors (Lipinski definition) is 1. The predicted molar refractivity (Wildman–Crippen MR) is 108 cm³/mol.